The Labute approximate surface area is 165 Å². The summed E-state index contributed by atoms with van der Waals surface area (Å²) in [4.78, 5) is 26.6. The van der Waals surface area contributed by atoms with Crippen molar-refractivity contribution in [1.29, 1.82) is 0 Å². The Morgan fingerprint density at radius 3 is 2.59 bits per heavy atom. The van der Waals surface area contributed by atoms with Gasteiger partial charge in [0.15, 0.2) is 5.78 Å². The summed E-state index contributed by atoms with van der Waals surface area (Å²) in [6, 6.07) is 8.94. The molecule has 0 bridgehead atoms. The number of para-hydroxylation sites is 1. The van der Waals surface area contributed by atoms with Crippen LogP contribution in [0.2, 0.25) is 5.02 Å². The molecule has 0 saturated carbocycles. The molecule has 27 heavy (non-hydrogen) atoms. The summed E-state index contributed by atoms with van der Waals surface area (Å²) in [5.74, 6) is -0.233. The van der Waals surface area contributed by atoms with Gasteiger partial charge in [-0.3, -0.25) is 14.5 Å². The molecule has 0 aliphatic heterocycles. The largest absolute Gasteiger partial charge is 0.383 e. The van der Waals surface area contributed by atoms with Gasteiger partial charge in [-0.05, 0) is 39.1 Å². The average molecular weight is 392 g/mol. The number of likely N-dealkylation sites (N-methyl/N-ethyl adjacent to an activating group) is 1. The Balaban J connectivity index is 1.95. The Kier molecular flexibility index (Phi) is 7.59. The van der Waals surface area contributed by atoms with Crippen molar-refractivity contribution in [2.45, 2.75) is 20.4 Å². The maximum absolute atomic E-state index is 12.7. The highest BCUT2D eigenvalue weighted by Gasteiger charge is 2.18. The molecular weight excluding hydrogens is 366 g/mol. The number of hydrogen-bond donors (Lipinski definition) is 1. The number of rotatable bonds is 9. The van der Waals surface area contributed by atoms with E-state index in [2.05, 4.69) is 9.88 Å². The number of benzene rings is 1. The Bertz CT molecular complexity index is 817. The zero-order valence-corrected chi connectivity index (χ0v) is 17.0. The van der Waals surface area contributed by atoms with Gasteiger partial charge in [0, 0.05) is 30.6 Å². The fourth-order valence-corrected chi connectivity index (χ4v) is 3.18. The number of carbonyl (C=O) groups is 2. The van der Waals surface area contributed by atoms with E-state index in [4.69, 9.17) is 16.3 Å². The van der Waals surface area contributed by atoms with Crippen LogP contribution >= 0.6 is 11.6 Å². The van der Waals surface area contributed by atoms with Gasteiger partial charge in [-0.2, -0.15) is 0 Å². The van der Waals surface area contributed by atoms with Crippen molar-refractivity contribution >= 4 is 29.0 Å². The van der Waals surface area contributed by atoms with Crippen LogP contribution in [0.25, 0.3) is 0 Å². The summed E-state index contributed by atoms with van der Waals surface area (Å²) in [7, 11) is 3.40. The number of nitrogens with one attached hydrogen (secondary N) is 1. The van der Waals surface area contributed by atoms with Gasteiger partial charge >= 0.3 is 0 Å². The van der Waals surface area contributed by atoms with Crippen molar-refractivity contribution in [3.8, 4) is 0 Å². The van der Waals surface area contributed by atoms with E-state index in [9.17, 15) is 9.59 Å². The second-order valence-electron chi connectivity index (χ2n) is 6.55. The molecule has 1 aromatic heterocycles. The molecule has 7 heteroatoms. The zero-order chi connectivity index (χ0) is 20.0. The molecule has 1 amide bonds. The minimum absolute atomic E-state index is 0.0141. The SMILES string of the molecule is COCCn1c(C)cc(C(=O)CN(C)CC(=O)Nc2ccccc2Cl)c1C. The quantitative estimate of drug-likeness (QED) is 0.667. The molecule has 0 radical (unpaired) electrons. The molecule has 146 valence electrons. The topological polar surface area (TPSA) is 63.6 Å². The number of ether oxygens (including phenoxy) is 1. The van der Waals surface area contributed by atoms with Crippen LogP contribution in [0.3, 0.4) is 0 Å². The third-order valence-corrected chi connectivity index (χ3v) is 4.70. The first-order valence-corrected chi connectivity index (χ1v) is 9.13. The fourth-order valence-electron chi connectivity index (χ4n) is 2.99. The number of halogens is 1. The predicted octanol–water partition coefficient (Wildman–Crippen LogP) is 3.16. The number of amides is 1. The molecule has 2 aromatic rings. The number of Topliss-reactive ketones (excluding diaryl/α,β-unsaturated/α-hetero) is 1. The Hall–Kier alpha value is -2.15. The van der Waals surface area contributed by atoms with Gasteiger partial charge in [0.2, 0.25) is 5.91 Å². The molecule has 2 rings (SSSR count). The van der Waals surface area contributed by atoms with Gasteiger partial charge in [0.05, 0.1) is 30.4 Å². The van der Waals surface area contributed by atoms with Crippen LogP contribution in [0.4, 0.5) is 5.69 Å². The van der Waals surface area contributed by atoms with Gasteiger partial charge in [-0.25, -0.2) is 0 Å². The average Bonchev–Trinajstić information content (AvgIpc) is 2.89. The lowest BCUT2D eigenvalue weighted by Crippen LogP contribution is -2.34. The standard InChI is InChI=1S/C20H26ClN3O3/c1-14-11-16(15(2)24(14)9-10-27-4)19(25)12-23(3)13-20(26)22-18-8-6-5-7-17(18)21/h5-8,11H,9-10,12-13H2,1-4H3,(H,22,26). The minimum atomic E-state index is -0.219. The first-order chi connectivity index (χ1) is 12.8. The predicted molar refractivity (Wildman–Crippen MR) is 108 cm³/mol. The number of ketones is 1. The summed E-state index contributed by atoms with van der Waals surface area (Å²) >= 11 is 6.05. The smallest absolute Gasteiger partial charge is 0.238 e. The van der Waals surface area contributed by atoms with Crippen LogP contribution in [0.15, 0.2) is 30.3 Å². The number of carbonyl (C=O) groups excluding carboxylic acids is 2. The van der Waals surface area contributed by atoms with Crippen molar-refractivity contribution < 1.29 is 14.3 Å². The number of anilines is 1. The highest BCUT2D eigenvalue weighted by atomic mass is 35.5. The van der Waals surface area contributed by atoms with Gasteiger partial charge < -0.3 is 14.6 Å². The normalized spacial score (nSPS) is 11.0. The molecule has 0 spiro atoms. The number of aromatic nitrogens is 1. The second kappa shape index (κ2) is 9.69. The third kappa shape index (κ3) is 5.66. The van der Waals surface area contributed by atoms with E-state index < -0.39 is 0 Å². The summed E-state index contributed by atoms with van der Waals surface area (Å²) in [5.41, 5.74) is 3.18. The second-order valence-corrected chi connectivity index (χ2v) is 6.96. The van der Waals surface area contributed by atoms with Crippen molar-refractivity contribution in [3.05, 3.63) is 52.3 Å². The van der Waals surface area contributed by atoms with E-state index in [-0.39, 0.29) is 24.8 Å². The molecule has 0 fully saturated rings. The summed E-state index contributed by atoms with van der Waals surface area (Å²) in [6.07, 6.45) is 0. The molecule has 0 aliphatic rings. The zero-order valence-electron chi connectivity index (χ0n) is 16.2. The Morgan fingerprint density at radius 2 is 1.93 bits per heavy atom. The lowest BCUT2D eigenvalue weighted by Gasteiger charge is -2.16. The van der Waals surface area contributed by atoms with E-state index in [1.54, 1.807) is 43.3 Å². The van der Waals surface area contributed by atoms with Gasteiger partial charge in [-0.1, -0.05) is 23.7 Å². The molecule has 1 N–H and O–H groups in total. The maximum atomic E-state index is 12.7. The molecule has 1 aromatic carbocycles. The number of aryl methyl sites for hydroxylation is 1. The first-order valence-electron chi connectivity index (χ1n) is 8.75. The van der Waals surface area contributed by atoms with Crippen LogP contribution in [-0.2, 0) is 16.1 Å². The monoisotopic (exact) mass is 391 g/mol. The summed E-state index contributed by atoms with van der Waals surface area (Å²) in [6.45, 7) is 5.45. The van der Waals surface area contributed by atoms with E-state index in [1.807, 2.05) is 19.9 Å². The van der Waals surface area contributed by atoms with E-state index >= 15 is 0 Å². The maximum Gasteiger partial charge on any atom is 0.238 e. The minimum Gasteiger partial charge on any atom is -0.383 e. The van der Waals surface area contributed by atoms with Crippen molar-refractivity contribution in [3.63, 3.8) is 0 Å². The Morgan fingerprint density at radius 1 is 1.22 bits per heavy atom. The van der Waals surface area contributed by atoms with Crippen molar-refractivity contribution in [2.24, 2.45) is 0 Å². The van der Waals surface area contributed by atoms with Crippen molar-refractivity contribution in [2.75, 3.05) is 39.2 Å². The highest BCUT2D eigenvalue weighted by molar-refractivity contribution is 6.33. The lowest BCUT2D eigenvalue weighted by molar-refractivity contribution is -0.116. The van der Waals surface area contributed by atoms with E-state index in [1.165, 1.54) is 0 Å². The first kappa shape index (κ1) is 21.2. The molecule has 6 nitrogen and oxygen atoms in total. The lowest BCUT2D eigenvalue weighted by atomic mass is 10.1. The number of nitrogens with zero attached hydrogens (tertiary/aromatic N) is 2. The number of methoxy groups -OCH3 is 1. The molecule has 0 unspecified atom stereocenters. The fraction of sp³-hybridized carbons (Fsp3) is 0.400. The molecular formula is C20H26ClN3O3. The van der Waals surface area contributed by atoms with Crippen LogP contribution < -0.4 is 5.32 Å². The van der Waals surface area contributed by atoms with Crippen LogP contribution in [-0.4, -0.2) is 55.0 Å². The van der Waals surface area contributed by atoms with Gasteiger partial charge in [-0.15, -0.1) is 0 Å². The third-order valence-electron chi connectivity index (χ3n) is 4.37. The molecule has 0 saturated heterocycles. The van der Waals surface area contributed by atoms with Gasteiger partial charge in [0.1, 0.15) is 0 Å². The highest BCUT2D eigenvalue weighted by Crippen LogP contribution is 2.20. The molecule has 1 heterocycles. The van der Waals surface area contributed by atoms with Crippen LogP contribution in [0, 0.1) is 13.8 Å². The summed E-state index contributed by atoms with van der Waals surface area (Å²) < 4.78 is 7.19. The van der Waals surface area contributed by atoms with Crippen LogP contribution in [0.1, 0.15) is 21.7 Å². The van der Waals surface area contributed by atoms with E-state index in [0.717, 1.165) is 11.4 Å². The van der Waals surface area contributed by atoms with Crippen LogP contribution in [0.5, 0.6) is 0 Å². The van der Waals surface area contributed by atoms with Gasteiger partial charge in [0.25, 0.3) is 0 Å². The number of hydrogen-bond acceptors (Lipinski definition) is 4. The van der Waals surface area contributed by atoms with Crippen molar-refractivity contribution in [1.82, 2.24) is 9.47 Å². The molecule has 0 aliphatic carbocycles. The summed E-state index contributed by atoms with van der Waals surface area (Å²) in [5, 5.41) is 3.24. The van der Waals surface area contributed by atoms with E-state index in [0.29, 0.717) is 29.4 Å². The molecule has 0 atom stereocenters.